The summed E-state index contributed by atoms with van der Waals surface area (Å²) in [7, 11) is 1.68. The first-order valence-electron chi connectivity index (χ1n) is 5.74. The van der Waals surface area contributed by atoms with E-state index in [0.717, 1.165) is 32.4 Å². The van der Waals surface area contributed by atoms with Gasteiger partial charge in [-0.2, -0.15) is 0 Å². The summed E-state index contributed by atoms with van der Waals surface area (Å²) in [4.78, 5) is 11.7. The van der Waals surface area contributed by atoms with Gasteiger partial charge in [0, 0.05) is 32.2 Å². The van der Waals surface area contributed by atoms with Crippen LogP contribution in [0.5, 0.6) is 0 Å². The lowest BCUT2D eigenvalue weighted by Crippen LogP contribution is -2.42. The summed E-state index contributed by atoms with van der Waals surface area (Å²) < 4.78 is 4.92. The fourth-order valence-corrected chi connectivity index (χ4v) is 1.94. The van der Waals surface area contributed by atoms with E-state index in [-0.39, 0.29) is 11.8 Å². The van der Waals surface area contributed by atoms with Crippen molar-refractivity contribution in [1.29, 1.82) is 0 Å². The van der Waals surface area contributed by atoms with Gasteiger partial charge in [0.05, 0.1) is 0 Å². The molecule has 0 aromatic rings. The molecule has 1 aliphatic rings. The van der Waals surface area contributed by atoms with Gasteiger partial charge in [-0.15, -0.1) is 0 Å². The van der Waals surface area contributed by atoms with Gasteiger partial charge in [0.1, 0.15) is 0 Å². The molecule has 15 heavy (non-hydrogen) atoms. The Labute approximate surface area is 91.8 Å². The molecule has 0 spiro atoms. The molecule has 4 nitrogen and oxygen atoms in total. The van der Waals surface area contributed by atoms with Gasteiger partial charge < -0.3 is 15.4 Å². The van der Waals surface area contributed by atoms with Gasteiger partial charge >= 0.3 is 0 Å². The van der Waals surface area contributed by atoms with Crippen molar-refractivity contribution in [3.63, 3.8) is 0 Å². The highest BCUT2D eigenvalue weighted by Crippen LogP contribution is 2.15. The quantitative estimate of drug-likeness (QED) is 0.656. The van der Waals surface area contributed by atoms with Crippen molar-refractivity contribution in [2.75, 3.05) is 26.8 Å². The molecule has 1 heterocycles. The highest BCUT2D eigenvalue weighted by atomic mass is 16.5. The van der Waals surface area contributed by atoms with E-state index in [4.69, 9.17) is 4.74 Å². The van der Waals surface area contributed by atoms with E-state index in [1.165, 1.54) is 0 Å². The lowest BCUT2D eigenvalue weighted by Gasteiger charge is -2.27. The Kier molecular flexibility index (Phi) is 5.65. The summed E-state index contributed by atoms with van der Waals surface area (Å²) in [6.07, 6.45) is 2.80. The van der Waals surface area contributed by atoms with Gasteiger partial charge in [-0.05, 0) is 32.7 Å². The number of ether oxygens (including phenoxy) is 1. The summed E-state index contributed by atoms with van der Waals surface area (Å²) in [5.74, 6) is 0.406. The summed E-state index contributed by atoms with van der Waals surface area (Å²) in [5.41, 5.74) is 0. The average Bonchev–Trinajstić information content (AvgIpc) is 2.24. The molecule has 0 aliphatic carbocycles. The Hall–Kier alpha value is -0.610. The van der Waals surface area contributed by atoms with E-state index in [1.807, 2.05) is 0 Å². The number of piperidine rings is 1. The van der Waals surface area contributed by atoms with Crippen LogP contribution in [0.1, 0.15) is 26.2 Å². The van der Waals surface area contributed by atoms with Crippen LogP contribution in [0.25, 0.3) is 0 Å². The molecule has 2 atom stereocenters. The fourth-order valence-electron chi connectivity index (χ4n) is 1.94. The predicted octanol–water partition coefficient (Wildman–Crippen LogP) is 0.527. The lowest BCUT2D eigenvalue weighted by atomic mass is 9.92. The molecule has 1 rings (SSSR count). The Morgan fingerprint density at radius 2 is 2.40 bits per heavy atom. The highest BCUT2D eigenvalue weighted by molar-refractivity contribution is 5.78. The zero-order valence-corrected chi connectivity index (χ0v) is 9.71. The third-order valence-corrected chi connectivity index (χ3v) is 2.82. The van der Waals surface area contributed by atoms with Crippen LogP contribution in [-0.4, -0.2) is 38.8 Å². The standard InChI is InChI=1S/C11H22N2O2/c1-9-8-10(4-6-12-9)11(14)13-5-3-7-15-2/h9-10,12H,3-8H2,1-2H3,(H,13,14). The maximum absolute atomic E-state index is 11.7. The van der Waals surface area contributed by atoms with Gasteiger partial charge in [-0.25, -0.2) is 0 Å². The third-order valence-electron chi connectivity index (χ3n) is 2.82. The van der Waals surface area contributed by atoms with Crippen molar-refractivity contribution in [2.24, 2.45) is 5.92 Å². The number of nitrogens with one attached hydrogen (secondary N) is 2. The molecular weight excluding hydrogens is 192 g/mol. The van der Waals surface area contributed by atoms with Crippen molar-refractivity contribution < 1.29 is 9.53 Å². The molecule has 1 saturated heterocycles. The zero-order chi connectivity index (χ0) is 11.1. The molecule has 2 N–H and O–H groups in total. The number of carbonyl (C=O) groups is 1. The average molecular weight is 214 g/mol. The highest BCUT2D eigenvalue weighted by Gasteiger charge is 2.23. The minimum absolute atomic E-state index is 0.198. The van der Waals surface area contributed by atoms with Crippen molar-refractivity contribution >= 4 is 5.91 Å². The van der Waals surface area contributed by atoms with Crippen LogP contribution in [0.15, 0.2) is 0 Å². The van der Waals surface area contributed by atoms with E-state index in [1.54, 1.807) is 7.11 Å². The van der Waals surface area contributed by atoms with Gasteiger partial charge in [0.25, 0.3) is 0 Å². The zero-order valence-electron chi connectivity index (χ0n) is 9.71. The maximum atomic E-state index is 11.7. The van der Waals surface area contributed by atoms with E-state index >= 15 is 0 Å². The van der Waals surface area contributed by atoms with E-state index in [9.17, 15) is 4.79 Å². The second kappa shape index (κ2) is 6.80. The summed E-state index contributed by atoms with van der Waals surface area (Å²) in [5, 5.41) is 6.30. The van der Waals surface area contributed by atoms with Crippen LogP contribution < -0.4 is 10.6 Å². The van der Waals surface area contributed by atoms with E-state index in [0.29, 0.717) is 12.6 Å². The number of amides is 1. The monoisotopic (exact) mass is 214 g/mol. The first-order valence-corrected chi connectivity index (χ1v) is 5.74. The third kappa shape index (κ3) is 4.62. The normalized spacial score (nSPS) is 26.3. The molecule has 88 valence electrons. The number of methoxy groups -OCH3 is 1. The smallest absolute Gasteiger partial charge is 0.223 e. The fraction of sp³-hybridized carbons (Fsp3) is 0.909. The molecular formula is C11H22N2O2. The number of hydrogen-bond donors (Lipinski definition) is 2. The van der Waals surface area contributed by atoms with Crippen LogP contribution >= 0.6 is 0 Å². The molecule has 4 heteroatoms. The summed E-state index contributed by atoms with van der Waals surface area (Å²) in [6, 6.07) is 0.466. The first kappa shape index (κ1) is 12.5. The molecule has 0 aromatic heterocycles. The predicted molar refractivity (Wildman–Crippen MR) is 59.7 cm³/mol. The number of hydrogen-bond acceptors (Lipinski definition) is 3. The Bertz CT molecular complexity index is 197. The van der Waals surface area contributed by atoms with E-state index in [2.05, 4.69) is 17.6 Å². The molecule has 0 radical (unpaired) electrons. The van der Waals surface area contributed by atoms with Gasteiger partial charge in [-0.3, -0.25) is 4.79 Å². The number of carbonyl (C=O) groups excluding carboxylic acids is 1. The van der Waals surface area contributed by atoms with E-state index < -0.39 is 0 Å². The Balaban J connectivity index is 2.15. The van der Waals surface area contributed by atoms with Crippen LogP contribution in [0.3, 0.4) is 0 Å². The van der Waals surface area contributed by atoms with Gasteiger partial charge in [0.15, 0.2) is 0 Å². The molecule has 0 saturated carbocycles. The lowest BCUT2D eigenvalue weighted by molar-refractivity contribution is -0.126. The molecule has 2 unspecified atom stereocenters. The summed E-state index contributed by atoms with van der Waals surface area (Å²) in [6.45, 7) is 4.52. The van der Waals surface area contributed by atoms with Gasteiger partial charge in [-0.1, -0.05) is 0 Å². The van der Waals surface area contributed by atoms with Crippen LogP contribution in [0.2, 0.25) is 0 Å². The molecule has 1 fully saturated rings. The van der Waals surface area contributed by atoms with Crippen molar-refractivity contribution in [3.8, 4) is 0 Å². The second-order valence-electron chi connectivity index (χ2n) is 4.21. The van der Waals surface area contributed by atoms with Crippen molar-refractivity contribution in [1.82, 2.24) is 10.6 Å². The minimum Gasteiger partial charge on any atom is -0.385 e. The summed E-state index contributed by atoms with van der Waals surface area (Å²) >= 11 is 0. The second-order valence-corrected chi connectivity index (χ2v) is 4.21. The van der Waals surface area contributed by atoms with Crippen molar-refractivity contribution in [3.05, 3.63) is 0 Å². The number of rotatable bonds is 5. The maximum Gasteiger partial charge on any atom is 0.223 e. The molecule has 0 aromatic carbocycles. The minimum atomic E-state index is 0.198. The first-order chi connectivity index (χ1) is 7.24. The van der Waals surface area contributed by atoms with Crippen LogP contribution in [-0.2, 0) is 9.53 Å². The Morgan fingerprint density at radius 3 is 3.07 bits per heavy atom. The Morgan fingerprint density at radius 1 is 1.60 bits per heavy atom. The SMILES string of the molecule is COCCCNC(=O)C1CCNC(C)C1. The molecule has 1 amide bonds. The topological polar surface area (TPSA) is 50.4 Å². The van der Waals surface area contributed by atoms with Crippen LogP contribution in [0, 0.1) is 5.92 Å². The molecule has 0 bridgehead atoms. The van der Waals surface area contributed by atoms with Gasteiger partial charge in [0.2, 0.25) is 5.91 Å². The van der Waals surface area contributed by atoms with Crippen molar-refractivity contribution in [2.45, 2.75) is 32.2 Å². The van der Waals surface area contributed by atoms with Crippen LogP contribution in [0.4, 0.5) is 0 Å². The largest absolute Gasteiger partial charge is 0.385 e. The molecule has 1 aliphatic heterocycles.